The average molecular weight is 523 g/mol. The summed E-state index contributed by atoms with van der Waals surface area (Å²) >= 11 is 0. The Morgan fingerprint density at radius 1 is 0.765 bits per heavy atom. The standard InChI is InChI=1S/C28H54O3Si3/c1-27-17-16-25-23(24(27)13-14-26(27)31-34(8,9)10)12-11-21-19-22(30-33(5,6)7)15-18-28(21,25)20-29-32(2,3)4/h19,22-26H,11-18,20H2,1-10H3/t22-,23-,24-,25-,26-,27-,28+/m0/s1. The van der Waals surface area contributed by atoms with Gasteiger partial charge in [0.1, 0.15) is 0 Å². The van der Waals surface area contributed by atoms with Gasteiger partial charge in [0.05, 0.1) is 12.2 Å². The van der Waals surface area contributed by atoms with E-state index in [1.807, 2.05) is 0 Å². The van der Waals surface area contributed by atoms with Crippen molar-refractivity contribution in [2.75, 3.05) is 6.61 Å². The topological polar surface area (TPSA) is 27.7 Å². The molecule has 0 saturated heterocycles. The van der Waals surface area contributed by atoms with E-state index in [1.54, 1.807) is 5.57 Å². The minimum Gasteiger partial charge on any atom is -0.417 e. The Morgan fingerprint density at radius 3 is 2.06 bits per heavy atom. The van der Waals surface area contributed by atoms with Crippen molar-refractivity contribution in [3.8, 4) is 0 Å². The molecule has 0 amide bonds. The summed E-state index contributed by atoms with van der Waals surface area (Å²) in [7, 11) is -4.65. The zero-order valence-corrected chi connectivity index (χ0v) is 27.1. The number of hydrogen-bond acceptors (Lipinski definition) is 3. The van der Waals surface area contributed by atoms with Gasteiger partial charge in [0.15, 0.2) is 25.0 Å². The van der Waals surface area contributed by atoms with E-state index < -0.39 is 25.0 Å². The first-order valence-corrected chi connectivity index (χ1v) is 24.5. The quantitative estimate of drug-likeness (QED) is 0.249. The smallest absolute Gasteiger partial charge is 0.184 e. The van der Waals surface area contributed by atoms with Gasteiger partial charge in [-0.3, -0.25) is 0 Å². The summed E-state index contributed by atoms with van der Waals surface area (Å²) in [4.78, 5) is 0. The van der Waals surface area contributed by atoms with Gasteiger partial charge in [0.25, 0.3) is 0 Å². The van der Waals surface area contributed by atoms with Gasteiger partial charge >= 0.3 is 0 Å². The van der Waals surface area contributed by atoms with Crippen LogP contribution < -0.4 is 0 Å². The minimum absolute atomic E-state index is 0.252. The first kappa shape index (κ1) is 27.3. The zero-order chi connectivity index (χ0) is 25.2. The highest BCUT2D eigenvalue weighted by molar-refractivity contribution is 6.70. The minimum atomic E-state index is -1.58. The molecule has 34 heavy (non-hydrogen) atoms. The molecule has 196 valence electrons. The normalized spacial score (nSPS) is 40.9. The Hall–Kier alpha value is 0.271. The molecule has 6 heteroatoms. The van der Waals surface area contributed by atoms with E-state index >= 15 is 0 Å². The van der Waals surface area contributed by atoms with Crippen molar-refractivity contribution < 1.29 is 13.3 Å². The summed E-state index contributed by atoms with van der Waals surface area (Å²) in [5, 5.41) is 0. The maximum atomic E-state index is 6.83. The lowest BCUT2D eigenvalue weighted by Crippen LogP contribution is -2.55. The monoisotopic (exact) mass is 522 g/mol. The third-order valence-corrected chi connectivity index (χ3v) is 12.5. The molecule has 0 bridgehead atoms. The van der Waals surface area contributed by atoms with Crippen molar-refractivity contribution >= 4 is 25.0 Å². The summed E-state index contributed by atoms with van der Waals surface area (Å²) in [6, 6.07) is 0. The average Bonchev–Trinajstić information content (AvgIpc) is 2.99. The molecule has 0 unspecified atom stereocenters. The Kier molecular flexibility index (Phi) is 7.41. The number of hydrogen-bond donors (Lipinski definition) is 0. The van der Waals surface area contributed by atoms with Crippen LogP contribution in [0.3, 0.4) is 0 Å². The Morgan fingerprint density at radius 2 is 1.44 bits per heavy atom. The van der Waals surface area contributed by atoms with Gasteiger partial charge in [-0.2, -0.15) is 0 Å². The van der Waals surface area contributed by atoms with Crippen molar-refractivity contribution in [2.45, 2.75) is 129 Å². The largest absolute Gasteiger partial charge is 0.417 e. The third kappa shape index (κ3) is 5.57. The predicted octanol–water partition coefficient (Wildman–Crippen LogP) is 8.22. The molecule has 3 saturated carbocycles. The molecule has 0 N–H and O–H groups in total. The van der Waals surface area contributed by atoms with Crippen molar-refractivity contribution in [1.82, 2.24) is 0 Å². The Bertz CT molecular complexity index is 777. The zero-order valence-electron chi connectivity index (χ0n) is 24.1. The Labute approximate surface area is 214 Å². The number of rotatable bonds is 7. The van der Waals surface area contributed by atoms with Gasteiger partial charge in [-0.25, -0.2) is 0 Å². The van der Waals surface area contributed by atoms with Gasteiger partial charge in [-0.15, -0.1) is 0 Å². The van der Waals surface area contributed by atoms with Crippen LogP contribution in [0.1, 0.15) is 58.3 Å². The fraction of sp³-hybridized carbons (Fsp3) is 0.929. The van der Waals surface area contributed by atoms with Crippen LogP contribution in [0.2, 0.25) is 58.9 Å². The molecule has 0 heterocycles. The first-order chi connectivity index (χ1) is 15.5. The van der Waals surface area contributed by atoms with Gasteiger partial charge in [-0.05, 0) is 133 Å². The molecule has 3 nitrogen and oxygen atoms in total. The van der Waals surface area contributed by atoms with Crippen molar-refractivity contribution in [1.29, 1.82) is 0 Å². The third-order valence-electron chi connectivity index (χ3n) is 9.47. The van der Waals surface area contributed by atoms with E-state index in [2.05, 4.69) is 71.9 Å². The SMILES string of the molecule is C[C@]12CC[C@H]3[C@@H](CCC4=C[C@@H](O[Si](C)(C)C)CC[C@@]43CO[Si](C)(C)C)[C@@H]1CC[C@@H]2O[Si](C)(C)C. The molecule has 4 aliphatic carbocycles. The summed E-state index contributed by atoms with van der Waals surface area (Å²) in [6.45, 7) is 24.7. The van der Waals surface area contributed by atoms with E-state index in [0.29, 0.717) is 17.6 Å². The Balaban J connectivity index is 1.62. The molecule has 0 aromatic rings. The predicted molar refractivity (Wildman–Crippen MR) is 152 cm³/mol. The number of fused-ring (bicyclic) bond motifs is 5. The second kappa shape index (κ2) is 9.23. The summed E-state index contributed by atoms with van der Waals surface area (Å²) in [5.41, 5.74) is 2.33. The molecular weight excluding hydrogens is 469 g/mol. The maximum absolute atomic E-state index is 6.83. The van der Waals surface area contributed by atoms with Crippen LogP contribution in [-0.4, -0.2) is 43.8 Å². The van der Waals surface area contributed by atoms with Crippen molar-refractivity contribution in [3.63, 3.8) is 0 Å². The van der Waals surface area contributed by atoms with E-state index in [0.717, 1.165) is 24.4 Å². The maximum Gasteiger partial charge on any atom is 0.184 e. The van der Waals surface area contributed by atoms with Crippen molar-refractivity contribution in [3.05, 3.63) is 11.6 Å². The van der Waals surface area contributed by atoms with E-state index in [-0.39, 0.29) is 5.41 Å². The highest BCUT2D eigenvalue weighted by Crippen LogP contribution is 2.66. The molecule has 0 aromatic carbocycles. The van der Waals surface area contributed by atoms with Gasteiger partial charge in [0, 0.05) is 12.0 Å². The highest BCUT2D eigenvalue weighted by atomic mass is 28.4. The molecule has 0 radical (unpaired) electrons. The lowest BCUT2D eigenvalue weighted by Gasteiger charge is -2.60. The van der Waals surface area contributed by atoms with Crippen LogP contribution in [0.5, 0.6) is 0 Å². The van der Waals surface area contributed by atoms with Crippen LogP contribution in [0.15, 0.2) is 11.6 Å². The van der Waals surface area contributed by atoms with Crippen LogP contribution in [0, 0.1) is 28.6 Å². The molecule has 7 atom stereocenters. The fourth-order valence-electron chi connectivity index (χ4n) is 8.22. The molecule has 3 fully saturated rings. The fourth-order valence-corrected chi connectivity index (χ4v) is 11.3. The summed E-state index contributed by atoms with van der Waals surface area (Å²) < 4.78 is 20.2. The molecular formula is C28H54O3Si3. The van der Waals surface area contributed by atoms with E-state index in [9.17, 15) is 0 Å². The lowest BCUT2D eigenvalue weighted by atomic mass is 9.47. The molecule has 4 aliphatic rings. The van der Waals surface area contributed by atoms with E-state index in [4.69, 9.17) is 13.3 Å². The second-order valence-electron chi connectivity index (χ2n) is 15.3. The van der Waals surface area contributed by atoms with Crippen molar-refractivity contribution in [2.24, 2.45) is 28.6 Å². The van der Waals surface area contributed by atoms with Crippen LogP contribution >= 0.6 is 0 Å². The molecule has 0 aromatic heterocycles. The van der Waals surface area contributed by atoms with Gasteiger partial charge in [-0.1, -0.05) is 18.6 Å². The molecule has 0 spiro atoms. The van der Waals surface area contributed by atoms with Crippen LogP contribution in [0.4, 0.5) is 0 Å². The highest BCUT2D eigenvalue weighted by Gasteiger charge is 2.61. The van der Waals surface area contributed by atoms with Crippen LogP contribution in [0.25, 0.3) is 0 Å². The first-order valence-electron chi connectivity index (χ1n) is 14.2. The lowest BCUT2D eigenvalue weighted by molar-refractivity contribution is -0.0878. The summed E-state index contributed by atoms with van der Waals surface area (Å²) in [6.07, 6.45) is 13.8. The van der Waals surface area contributed by atoms with E-state index in [1.165, 1.54) is 51.4 Å². The molecule has 0 aliphatic heterocycles. The molecule has 4 rings (SSSR count). The summed E-state index contributed by atoms with van der Waals surface area (Å²) in [5.74, 6) is 2.44. The van der Waals surface area contributed by atoms with Gasteiger partial charge in [0.2, 0.25) is 0 Å². The van der Waals surface area contributed by atoms with Crippen LogP contribution in [-0.2, 0) is 13.3 Å². The van der Waals surface area contributed by atoms with Gasteiger partial charge < -0.3 is 13.3 Å². The second-order valence-corrected chi connectivity index (χ2v) is 28.7.